The highest BCUT2D eigenvalue weighted by Gasteiger charge is 2.34. The number of imidazole rings is 1. The fourth-order valence-corrected chi connectivity index (χ4v) is 4.60. The third-order valence-corrected chi connectivity index (χ3v) is 6.40. The first-order valence-electron chi connectivity index (χ1n) is 10.1. The fourth-order valence-electron chi connectivity index (χ4n) is 4.17. The number of carbonyl (C=O) groups is 1. The summed E-state index contributed by atoms with van der Waals surface area (Å²) in [5.41, 5.74) is 4.49. The number of amides is 1. The van der Waals surface area contributed by atoms with E-state index in [9.17, 15) is 4.79 Å². The van der Waals surface area contributed by atoms with Gasteiger partial charge in [0.2, 0.25) is 0 Å². The molecule has 3 heterocycles. The predicted molar refractivity (Wildman–Crippen MR) is 119 cm³/mol. The van der Waals surface area contributed by atoms with Gasteiger partial charge in [0.25, 0.3) is 5.91 Å². The lowest BCUT2D eigenvalue weighted by molar-refractivity contribution is 0.0730. The molecular weight excluding hydrogens is 394 g/mol. The SMILES string of the molecule is CSc1ccc2[nH]c(C3CCCN3C(=O)c3cc(C)ccc3-n3cccn3)nc2c1. The highest BCUT2D eigenvalue weighted by molar-refractivity contribution is 7.98. The monoisotopic (exact) mass is 417 g/mol. The Hall–Kier alpha value is -3.06. The van der Waals surface area contributed by atoms with Crippen molar-refractivity contribution in [2.24, 2.45) is 0 Å². The number of nitrogens with zero attached hydrogens (tertiary/aromatic N) is 4. The van der Waals surface area contributed by atoms with Crippen molar-refractivity contribution >= 4 is 28.7 Å². The molecule has 0 radical (unpaired) electrons. The molecule has 1 unspecified atom stereocenters. The molecule has 1 N–H and O–H groups in total. The Bertz CT molecular complexity index is 1210. The minimum atomic E-state index is -0.0476. The van der Waals surface area contributed by atoms with Crippen LogP contribution in [0.2, 0.25) is 0 Å². The Labute approximate surface area is 179 Å². The number of H-pyrrole nitrogens is 1. The zero-order chi connectivity index (χ0) is 20.7. The molecule has 2 aromatic carbocycles. The molecule has 0 saturated carbocycles. The van der Waals surface area contributed by atoms with Crippen molar-refractivity contribution in [1.29, 1.82) is 0 Å². The van der Waals surface area contributed by atoms with Crippen molar-refractivity contribution in [2.45, 2.75) is 30.7 Å². The molecule has 1 atom stereocenters. The lowest BCUT2D eigenvalue weighted by Gasteiger charge is -2.24. The van der Waals surface area contributed by atoms with Crippen LogP contribution in [0.25, 0.3) is 16.7 Å². The van der Waals surface area contributed by atoms with Crippen molar-refractivity contribution in [3.63, 3.8) is 0 Å². The Morgan fingerprint density at radius 2 is 2.13 bits per heavy atom. The average Bonchev–Trinajstić information content (AvgIpc) is 3.52. The molecule has 0 bridgehead atoms. The van der Waals surface area contributed by atoms with Crippen LogP contribution >= 0.6 is 11.8 Å². The number of aromatic amines is 1. The van der Waals surface area contributed by atoms with Gasteiger partial charge >= 0.3 is 0 Å². The first-order chi connectivity index (χ1) is 14.6. The average molecular weight is 418 g/mol. The summed E-state index contributed by atoms with van der Waals surface area (Å²) in [5.74, 6) is 0.888. The van der Waals surface area contributed by atoms with Crippen molar-refractivity contribution in [1.82, 2.24) is 24.6 Å². The largest absolute Gasteiger partial charge is 0.340 e. The van der Waals surface area contributed by atoms with Crippen LogP contribution in [-0.4, -0.2) is 43.4 Å². The number of aromatic nitrogens is 4. The summed E-state index contributed by atoms with van der Waals surface area (Å²) in [6.07, 6.45) is 7.52. The first-order valence-corrected chi connectivity index (χ1v) is 11.3. The highest BCUT2D eigenvalue weighted by Crippen LogP contribution is 2.34. The van der Waals surface area contributed by atoms with E-state index in [4.69, 9.17) is 4.98 Å². The molecule has 2 aromatic heterocycles. The third-order valence-electron chi connectivity index (χ3n) is 5.67. The Morgan fingerprint density at radius 1 is 1.23 bits per heavy atom. The highest BCUT2D eigenvalue weighted by atomic mass is 32.2. The maximum absolute atomic E-state index is 13.7. The summed E-state index contributed by atoms with van der Waals surface area (Å²) in [6.45, 7) is 2.73. The van der Waals surface area contributed by atoms with Gasteiger partial charge in [0.05, 0.1) is 28.3 Å². The van der Waals surface area contributed by atoms with Crippen molar-refractivity contribution < 1.29 is 4.79 Å². The third kappa shape index (κ3) is 3.29. The molecule has 1 aliphatic heterocycles. The number of aryl methyl sites for hydroxylation is 1. The van der Waals surface area contributed by atoms with Gasteiger partial charge in [-0.05, 0) is 62.4 Å². The Morgan fingerprint density at radius 3 is 2.93 bits per heavy atom. The molecule has 4 aromatic rings. The topological polar surface area (TPSA) is 66.8 Å². The number of nitrogens with one attached hydrogen (secondary N) is 1. The number of hydrogen-bond donors (Lipinski definition) is 1. The number of hydrogen-bond acceptors (Lipinski definition) is 4. The minimum absolute atomic E-state index is 0.0250. The normalized spacial score (nSPS) is 16.5. The molecule has 5 rings (SSSR count). The van der Waals surface area contributed by atoms with Gasteiger partial charge in [0.1, 0.15) is 5.82 Å². The van der Waals surface area contributed by atoms with Gasteiger partial charge in [0.15, 0.2) is 0 Å². The standard InChI is InChI=1S/C23H23N5OS/c1-15-6-9-20(28-12-4-10-24-28)17(13-15)23(29)27-11-3-5-21(27)22-25-18-8-7-16(30-2)14-19(18)26-22/h4,6-10,12-14,21H,3,5,11H2,1-2H3,(H,25,26). The van der Waals surface area contributed by atoms with Crippen LogP contribution in [-0.2, 0) is 0 Å². The van der Waals surface area contributed by atoms with E-state index < -0.39 is 0 Å². The second-order valence-corrected chi connectivity index (χ2v) is 8.51. The molecule has 7 heteroatoms. The number of rotatable bonds is 4. The number of fused-ring (bicyclic) bond motifs is 1. The van der Waals surface area contributed by atoms with Crippen molar-refractivity contribution in [3.05, 3.63) is 71.8 Å². The van der Waals surface area contributed by atoms with Crippen molar-refractivity contribution in [2.75, 3.05) is 12.8 Å². The summed E-state index contributed by atoms with van der Waals surface area (Å²) in [7, 11) is 0. The van der Waals surface area contributed by atoms with Gasteiger partial charge in [-0.25, -0.2) is 9.67 Å². The van der Waals surface area contributed by atoms with Crippen LogP contribution in [0.5, 0.6) is 0 Å². The molecular formula is C23H23N5OS. The van der Waals surface area contributed by atoms with Crippen LogP contribution in [0.3, 0.4) is 0 Å². The lowest BCUT2D eigenvalue weighted by atomic mass is 10.1. The van der Waals surface area contributed by atoms with Gasteiger partial charge in [-0.1, -0.05) is 11.6 Å². The summed E-state index contributed by atoms with van der Waals surface area (Å²) < 4.78 is 1.75. The second-order valence-electron chi connectivity index (χ2n) is 7.63. The molecule has 1 fully saturated rings. The molecule has 1 aliphatic rings. The summed E-state index contributed by atoms with van der Waals surface area (Å²) in [5, 5.41) is 4.33. The van der Waals surface area contributed by atoms with E-state index in [0.29, 0.717) is 5.56 Å². The molecule has 152 valence electrons. The molecule has 0 spiro atoms. The molecule has 1 saturated heterocycles. The number of benzene rings is 2. The fraction of sp³-hybridized carbons (Fsp3) is 0.261. The summed E-state index contributed by atoms with van der Waals surface area (Å²) in [6, 6.07) is 14.0. The lowest BCUT2D eigenvalue weighted by Crippen LogP contribution is -2.32. The van der Waals surface area contributed by atoms with Crippen molar-refractivity contribution in [3.8, 4) is 5.69 Å². The Kier molecular flexibility index (Phi) is 4.83. The van der Waals surface area contributed by atoms with Gasteiger partial charge in [0, 0.05) is 23.8 Å². The zero-order valence-electron chi connectivity index (χ0n) is 17.0. The molecule has 6 nitrogen and oxygen atoms in total. The van der Waals surface area contributed by atoms with E-state index >= 15 is 0 Å². The van der Waals surface area contributed by atoms with Crippen LogP contribution < -0.4 is 0 Å². The molecule has 0 aliphatic carbocycles. The van der Waals surface area contributed by atoms with E-state index in [1.165, 1.54) is 4.90 Å². The van der Waals surface area contributed by atoms with Crippen LogP contribution in [0.1, 0.15) is 40.6 Å². The van der Waals surface area contributed by atoms with Gasteiger partial charge < -0.3 is 9.88 Å². The van der Waals surface area contributed by atoms with E-state index in [1.54, 1.807) is 22.6 Å². The zero-order valence-corrected chi connectivity index (χ0v) is 17.8. The Balaban J connectivity index is 1.51. The van der Waals surface area contributed by atoms with Gasteiger partial charge in [-0.15, -0.1) is 11.8 Å². The number of carbonyl (C=O) groups excluding carboxylic acids is 1. The van der Waals surface area contributed by atoms with E-state index in [1.807, 2.05) is 42.3 Å². The maximum atomic E-state index is 13.7. The van der Waals surface area contributed by atoms with Crippen LogP contribution in [0, 0.1) is 6.92 Å². The number of likely N-dealkylation sites (tertiary alicyclic amines) is 1. The van der Waals surface area contributed by atoms with E-state index in [2.05, 4.69) is 34.5 Å². The quantitative estimate of drug-likeness (QED) is 0.486. The minimum Gasteiger partial charge on any atom is -0.340 e. The molecule has 1 amide bonds. The first kappa shape index (κ1) is 18.9. The van der Waals surface area contributed by atoms with Gasteiger partial charge in [-0.3, -0.25) is 4.79 Å². The smallest absolute Gasteiger partial charge is 0.256 e. The maximum Gasteiger partial charge on any atom is 0.256 e. The predicted octanol–water partition coefficient (Wildman–Crippen LogP) is 4.76. The molecule has 30 heavy (non-hydrogen) atoms. The van der Waals surface area contributed by atoms with E-state index in [0.717, 1.165) is 47.5 Å². The number of thioether (sulfide) groups is 1. The van der Waals surface area contributed by atoms with Crippen LogP contribution in [0.4, 0.5) is 0 Å². The second kappa shape index (κ2) is 7.65. The van der Waals surface area contributed by atoms with Gasteiger partial charge in [-0.2, -0.15) is 5.10 Å². The summed E-state index contributed by atoms with van der Waals surface area (Å²) in [4.78, 5) is 25.1. The summed E-state index contributed by atoms with van der Waals surface area (Å²) >= 11 is 1.70. The van der Waals surface area contributed by atoms with E-state index in [-0.39, 0.29) is 11.9 Å². The van der Waals surface area contributed by atoms with Crippen LogP contribution in [0.15, 0.2) is 59.8 Å².